The van der Waals surface area contributed by atoms with Gasteiger partial charge in [0.1, 0.15) is 11.5 Å². The highest BCUT2D eigenvalue weighted by Gasteiger charge is 2.15. The molecule has 0 saturated heterocycles. The van der Waals surface area contributed by atoms with E-state index in [0.717, 1.165) is 5.75 Å². The lowest BCUT2D eigenvalue weighted by atomic mass is 10.2. The molecule has 0 spiro atoms. The lowest BCUT2D eigenvalue weighted by Crippen LogP contribution is -2.12. The van der Waals surface area contributed by atoms with Gasteiger partial charge in [0, 0.05) is 30.7 Å². The number of carbonyl (C=O) groups is 2. The van der Waals surface area contributed by atoms with E-state index in [1.54, 1.807) is 38.5 Å². The molecule has 37 heavy (non-hydrogen) atoms. The van der Waals surface area contributed by atoms with Crippen LogP contribution in [-0.4, -0.2) is 52.1 Å². The summed E-state index contributed by atoms with van der Waals surface area (Å²) in [5.74, 6) is 2.27. The van der Waals surface area contributed by atoms with Crippen LogP contribution < -0.4 is 20.1 Å². The molecule has 0 unspecified atom stereocenters. The van der Waals surface area contributed by atoms with Gasteiger partial charge in [0.15, 0.2) is 4.34 Å². The van der Waals surface area contributed by atoms with Gasteiger partial charge < -0.3 is 24.6 Å². The molecule has 2 aromatic heterocycles. The molecule has 4 rings (SSSR count). The minimum absolute atomic E-state index is 0.106. The summed E-state index contributed by atoms with van der Waals surface area (Å²) in [7, 11) is 3.16. The summed E-state index contributed by atoms with van der Waals surface area (Å²) in [5.41, 5.74) is 1.41. The number of nitrogens with zero attached hydrogens (tertiary/aromatic N) is 4. The van der Waals surface area contributed by atoms with Gasteiger partial charge >= 0.3 is 0 Å². The molecule has 0 atom stereocenters. The fourth-order valence-corrected chi connectivity index (χ4v) is 4.92. The number of benzene rings is 2. The Morgan fingerprint density at radius 1 is 0.973 bits per heavy atom. The largest absolute Gasteiger partial charge is 0.497 e. The van der Waals surface area contributed by atoms with Crippen LogP contribution >= 0.6 is 23.1 Å². The Morgan fingerprint density at radius 3 is 2.54 bits per heavy atom. The first-order chi connectivity index (χ1) is 18.0. The number of ether oxygens (including phenoxy) is 2. The van der Waals surface area contributed by atoms with Crippen molar-refractivity contribution in [3.05, 3.63) is 54.4 Å². The number of carbonyl (C=O) groups excluding carboxylic acids is 2. The second-order valence-electron chi connectivity index (χ2n) is 7.51. The maximum atomic E-state index is 12.3. The molecule has 2 amide bonds. The zero-order chi connectivity index (χ0) is 26.0. The average Bonchev–Trinajstić information content (AvgIpc) is 3.57. The van der Waals surface area contributed by atoms with Gasteiger partial charge in [-0.15, -0.1) is 10.2 Å². The van der Waals surface area contributed by atoms with Gasteiger partial charge in [0.05, 0.1) is 19.8 Å². The Bertz CT molecular complexity index is 1340. The van der Waals surface area contributed by atoms with Gasteiger partial charge in [-0.3, -0.25) is 9.59 Å². The molecule has 0 aliphatic rings. The third kappa shape index (κ3) is 7.51. The van der Waals surface area contributed by atoms with Gasteiger partial charge in [-0.25, -0.2) is 0 Å². The summed E-state index contributed by atoms with van der Waals surface area (Å²) in [6.45, 7) is 0. The monoisotopic (exact) mass is 540 g/mol. The van der Waals surface area contributed by atoms with Crippen molar-refractivity contribution >= 4 is 45.7 Å². The minimum atomic E-state index is -0.247. The molecule has 192 valence electrons. The molecule has 0 radical (unpaired) electrons. The van der Waals surface area contributed by atoms with Crippen molar-refractivity contribution in [2.45, 2.75) is 23.6 Å². The van der Waals surface area contributed by atoms with Crippen LogP contribution in [0.1, 0.15) is 18.7 Å². The predicted octanol–water partition coefficient (Wildman–Crippen LogP) is 4.30. The van der Waals surface area contributed by atoms with Gasteiger partial charge in [-0.05, 0) is 36.4 Å². The first-order valence-corrected chi connectivity index (χ1v) is 13.0. The Hall–Kier alpha value is -3.97. The molecular weight excluding hydrogens is 516 g/mol. The molecule has 0 saturated carbocycles. The van der Waals surface area contributed by atoms with E-state index < -0.39 is 0 Å². The van der Waals surface area contributed by atoms with Crippen LogP contribution in [0.25, 0.3) is 11.4 Å². The standard InChI is InChI=1S/C24H24N6O5S2/c1-33-16-9-7-15(8-10-16)25-20(32)13-14-36-24-29-28-23(37-24)26-19(31)11-12-21-27-22(30-35-21)17-5-3-4-6-18(17)34-2/h3-10H,11-14H2,1-2H3,(H,25,32)(H,26,28,31). The zero-order valence-electron chi connectivity index (χ0n) is 20.1. The normalized spacial score (nSPS) is 10.6. The van der Waals surface area contributed by atoms with Crippen LogP contribution in [0.2, 0.25) is 0 Å². The minimum Gasteiger partial charge on any atom is -0.497 e. The fraction of sp³-hybridized carbons (Fsp3) is 0.250. The highest BCUT2D eigenvalue weighted by atomic mass is 32.2. The number of rotatable bonds is 12. The number of hydrogen-bond donors (Lipinski definition) is 2. The van der Waals surface area contributed by atoms with Crippen LogP contribution in [0.5, 0.6) is 11.5 Å². The first kappa shape index (κ1) is 26.1. The number of hydrogen-bond acceptors (Lipinski definition) is 11. The molecular formula is C24H24N6O5S2. The summed E-state index contributed by atoms with van der Waals surface area (Å²) in [6, 6.07) is 14.5. The van der Waals surface area contributed by atoms with Crippen LogP contribution in [-0.2, 0) is 16.0 Å². The lowest BCUT2D eigenvalue weighted by Gasteiger charge is -2.05. The first-order valence-electron chi connectivity index (χ1n) is 11.2. The summed E-state index contributed by atoms with van der Waals surface area (Å²) < 4.78 is 16.4. The van der Waals surface area contributed by atoms with E-state index in [9.17, 15) is 9.59 Å². The predicted molar refractivity (Wildman–Crippen MR) is 140 cm³/mol. The number of aromatic nitrogens is 4. The molecule has 4 aromatic rings. The van der Waals surface area contributed by atoms with Crippen molar-refractivity contribution in [2.24, 2.45) is 0 Å². The van der Waals surface area contributed by atoms with E-state index in [-0.39, 0.29) is 24.7 Å². The molecule has 0 aliphatic carbocycles. The Kier molecular flexibility index (Phi) is 9.05. The summed E-state index contributed by atoms with van der Waals surface area (Å²) in [4.78, 5) is 28.8. The third-order valence-corrected chi connectivity index (χ3v) is 6.94. The SMILES string of the molecule is COc1ccc(NC(=O)CCSc2nnc(NC(=O)CCc3nc(-c4ccccc4OC)no3)s2)cc1. The molecule has 2 aromatic carbocycles. The maximum absolute atomic E-state index is 12.3. The van der Waals surface area contributed by atoms with E-state index in [1.165, 1.54) is 23.1 Å². The summed E-state index contributed by atoms with van der Waals surface area (Å²) >= 11 is 2.64. The zero-order valence-corrected chi connectivity index (χ0v) is 21.7. The highest BCUT2D eigenvalue weighted by Crippen LogP contribution is 2.28. The van der Waals surface area contributed by atoms with Crippen LogP contribution in [0, 0.1) is 0 Å². The maximum Gasteiger partial charge on any atom is 0.227 e. The van der Waals surface area contributed by atoms with Gasteiger partial charge in [-0.2, -0.15) is 4.98 Å². The van der Waals surface area contributed by atoms with Crippen LogP contribution in [0.15, 0.2) is 57.4 Å². The van der Waals surface area contributed by atoms with E-state index in [2.05, 4.69) is 31.0 Å². The fourth-order valence-electron chi connectivity index (χ4n) is 3.14. The number of amides is 2. The number of anilines is 2. The molecule has 11 nitrogen and oxygen atoms in total. The molecule has 0 aliphatic heterocycles. The molecule has 0 fully saturated rings. The lowest BCUT2D eigenvalue weighted by molar-refractivity contribution is -0.116. The second-order valence-corrected chi connectivity index (χ2v) is 9.83. The Morgan fingerprint density at radius 2 is 1.76 bits per heavy atom. The number of aryl methyl sites for hydroxylation is 1. The van der Waals surface area contributed by atoms with Crippen molar-refractivity contribution < 1.29 is 23.6 Å². The average molecular weight is 541 g/mol. The molecule has 2 heterocycles. The Balaban J connectivity index is 1.18. The second kappa shape index (κ2) is 12.8. The van der Waals surface area contributed by atoms with E-state index in [0.29, 0.717) is 50.4 Å². The van der Waals surface area contributed by atoms with Gasteiger partial charge in [-0.1, -0.05) is 40.4 Å². The highest BCUT2D eigenvalue weighted by molar-refractivity contribution is 8.01. The van der Waals surface area contributed by atoms with Crippen molar-refractivity contribution in [3.8, 4) is 22.9 Å². The van der Waals surface area contributed by atoms with E-state index in [1.807, 2.05) is 24.3 Å². The van der Waals surface area contributed by atoms with Gasteiger partial charge in [0.25, 0.3) is 0 Å². The number of para-hydroxylation sites is 1. The Labute approximate surface area is 221 Å². The van der Waals surface area contributed by atoms with Crippen molar-refractivity contribution in [1.29, 1.82) is 0 Å². The number of methoxy groups -OCH3 is 2. The van der Waals surface area contributed by atoms with Crippen LogP contribution in [0.3, 0.4) is 0 Å². The quantitative estimate of drug-likeness (QED) is 0.197. The third-order valence-electron chi connectivity index (χ3n) is 4.96. The number of nitrogens with one attached hydrogen (secondary N) is 2. The van der Waals surface area contributed by atoms with Crippen molar-refractivity contribution in [3.63, 3.8) is 0 Å². The van der Waals surface area contributed by atoms with E-state index >= 15 is 0 Å². The van der Waals surface area contributed by atoms with Crippen molar-refractivity contribution in [1.82, 2.24) is 20.3 Å². The molecule has 2 N–H and O–H groups in total. The smallest absolute Gasteiger partial charge is 0.227 e. The van der Waals surface area contributed by atoms with Crippen molar-refractivity contribution in [2.75, 3.05) is 30.6 Å². The van der Waals surface area contributed by atoms with E-state index in [4.69, 9.17) is 14.0 Å². The molecule has 13 heteroatoms. The summed E-state index contributed by atoms with van der Waals surface area (Å²) in [6.07, 6.45) is 0.720. The summed E-state index contributed by atoms with van der Waals surface area (Å²) in [5, 5.41) is 18.0. The number of thioether (sulfide) groups is 1. The van der Waals surface area contributed by atoms with Crippen LogP contribution in [0.4, 0.5) is 10.8 Å². The topological polar surface area (TPSA) is 141 Å². The van der Waals surface area contributed by atoms with Gasteiger partial charge in [0.2, 0.25) is 28.7 Å². The molecule has 0 bridgehead atoms.